The smallest absolute Gasteiger partial charge is 0.416 e. The number of aromatic hydroxyl groups is 1. The van der Waals surface area contributed by atoms with Gasteiger partial charge in [-0.3, -0.25) is 9.59 Å². The molecule has 368 valence electrons. The minimum atomic E-state index is -4.76. The maximum atomic E-state index is 12.8. The fraction of sp³-hybridized carbons (Fsp3) is 0.429. The van der Waals surface area contributed by atoms with Gasteiger partial charge in [0, 0.05) is 48.1 Å². The number of aryl methyl sites for hydroxylation is 2. The van der Waals surface area contributed by atoms with Gasteiger partial charge in [-0.05, 0) is 63.5 Å². The number of hydrogen-bond donors (Lipinski definition) is 2. The molecular formula is C49H59F3N4O10S2. The quantitative estimate of drug-likeness (QED) is 0.0467. The largest absolute Gasteiger partial charge is 0.511 e. The van der Waals surface area contributed by atoms with E-state index in [-0.39, 0.29) is 28.7 Å². The van der Waals surface area contributed by atoms with Crippen LogP contribution in [0, 0.1) is 12.8 Å². The summed E-state index contributed by atoms with van der Waals surface area (Å²) in [7, 11) is -2.75. The van der Waals surface area contributed by atoms with Crippen molar-refractivity contribution in [2.75, 3.05) is 25.2 Å². The second kappa shape index (κ2) is 24.4. The van der Waals surface area contributed by atoms with E-state index in [1.807, 2.05) is 86.3 Å². The van der Waals surface area contributed by atoms with Crippen LogP contribution in [0.4, 0.5) is 13.2 Å². The molecule has 0 saturated heterocycles. The lowest BCUT2D eigenvalue weighted by Crippen LogP contribution is -2.29. The number of rotatable bonds is 16. The molecule has 2 unspecified atom stereocenters. The minimum Gasteiger partial charge on any atom is -0.511 e. The molecule has 68 heavy (non-hydrogen) atoms. The number of nitrogens with zero attached hydrogens (tertiary/aromatic N) is 4. The molecule has 3 aromatic carbocycles. The molecule has 1 aliphatic heterocycles. The number of halogens is 3. The predicted molar refractivity (Wildman–Crippen MR) is 255 cm³/mol. The molecule has 0 bridgehead atoms. The number of esters is 1. The summed E-state index contributed by atoms with van der Waals surface area (Å²) in [4.78, 5) is 47.1. The Balaban J connectivity index is 0.000000223. The molecule has 0 fully saturated rings. The monoisotopic (exact) mass is 984 g/mol. The number of hydrogen-bond acceptors (Lipinski definition) is 14. The van der Waals surface area contributed by atoms with E-state index in [4.69, 9.17) is 14.4 Å². The lowest BCUT2D eigenvalue weighted by atomic mass is 9.82. The van der Waals surface area contributed by atoms with Gasteiger partial charge in [-0.15, -0.1) is 0 Å². The average Bonchev–Trinajstić information content (AvgIpc) is 3.86. The summed E-state index contributed by atoms with van der Waals surface area (Å²) in [6, 6.07) is 21.4. The Kier molecular flexibility index (Phi) is 19.6. The third-order valence-electron chi connectivity index (χ3n) is 10.8. The number of alkyl halides is 3. The van der Waals surface area contributed by atoms with Crippen LogP contribution in [0.3, 0.4) is 0 Å². The van der Waals surface area contributed by atoms with Gasteiger partial charge in [0.15, 0.2) is 26.9 Å². The van der Waals surface area contributed by atoms with Crippen LogP contribution < -0.4 is 0 Å². The summed E-state index contributed by atoms with van der Waals surface area (Å²) in [6.07, 6.45) is -0.134. The Morgan fingerprint density at radius 2 is 1.60 bits per heavy atom. The molecule has 0 radical (unpaired) electrons. The molecule has 14 nitrogen and oxygen atoms in total. The van der Waals surface area contributed by atoms with Crippen LogP contribution >= 0.6 is 11.8 Å². The zero-order chi connectivity index (χ0) is 50.4. The second-order valence-corrected chi connectivity index (χ2v) is 19.7. The van der Waals surface area contributed by atoms with E-state index in [2.05, 4.69) is 29.3 Å². The highest BCUT2D eigenvalue weighted by atomic mass is 32.2. The molecule has 0 amide bonds. The van der Waals surface area contributed by atoms with Crippen molar-refractivity contribution in [2.45, 2.75) is 102 Å². The van der Waals surface area contributed by atoms with Crippen molar-refractivity contribution in [2.24, 2.45) is 23.3 Å². The maximum Gasteiger partial charge on any atom is 0.416 e. The molecule has 0 spiro atoms. The van der Waals surface area contributed by atoms with E-state index < -0.39 is 55.3 Å². The number of aliphatic hydroxyl groups excluding tert-OH is 1. The van der Waals surface area contributed by atoms with Crippen LogP contribution in [-0.2, 0) is 52.7 Å². The lowest BCUT2D eigenvalue weighted by molar-refractivity contribution is -0.138. The van der Waals surface area contributed by atoms with E-state index in [0.717, 1.165) is 40.5 Å². The number of benzene rings is 3. The Morgan fingerprint density at radius 1 is 0.985 bits per heavy atom. The molecule has 2 atom stereocenters. The third-order valence-corrected chi connectivity index (χ3v) is 13.0. The summed E-state index contributed by atoms with van der Waals surface area (Å²) >= 11 is 1.90. The van der Waals surface area contributed by atoms with Crippen molar-refractivity contribution in [3.05, 3.63) is 124 Å². The van der Waals surface area contributed by atoms with Gasteiger partial charge in [0.05, 0.1) is 40.5 Å². The summed E-state index contributed by atoms with van der Waals surface area (Å²) in [5, 5.41) is 32.6. The topological polar surface area (TPSA) is 196 Å². The number of oxime groups is 2. The summed E-state index contributed by atoms with van der Waals surface area (Å²) in [5.74, 6) is -0.326. The molecule has 2 heterocycles. The molecule has 2 N–H and O–H groups in total. The highest BCUT2D eigenvalue weighted by Gasteiger charge is 2.45. The number of ether oxygens (including phenoxy) is 1. The maximum absolute atomic E-state index is 12.8. The Morgan fingerprint density at radius 3 is 2.09 bits per heavy atom. The number of ketones is 2. The fourth-order valence-corrected chi connectivity index (χ4v) is 9.65. The van der Waals surface area contributed by atoms with Crippen molar-refractivity contribution >= 4 is 50.6 Å². The Hall–Kier alpha value is -5.95. The van der Waals surface area contributed by atoms with Crippen molar-refractivity contribution < 1.29 is 60.6 Å². The van der Waals surface area contributed by atoms with Crippen molar-refractivity contribution in [3.63, 3.8) is 0 Å². The van der Waals surface area contributed by atoms with Gasteiger partial charge in [0.2, 0.25) is 11.7 Å². The molecule has 4 aromatic rings. The third kappa shape index (κ3) is 13.8. The van der Waals surface area contributed by atoms with Gasteiger partial charge < -0.3 is 24.6 Å². The van der Waals surface area contributed by atoms with Gasteiger partial charge in [-0.1, -0.05) is 98.2 Å². The van der Waals surface area contributed by atoms with Crippen LogP contribution in [0.1, 0.15) is 111 Å². The van der Waals surface area contributed by atoms with Gasteiger partial charge >= 0.3 is 12.1 Å². The SMILES string of the molecule is CCCC(=NOCC)C1=C(O)CC(CC(C)SCC)CC1=O.CCOC(=O)C1=NOC(c2ccccc2)(c2ccccc2)C1.Cc1nn(C)c(O)c1C(=O)c1ccc(C(F)(F)F)cc1S(C)(=O)=O. The van der Waals surface area contributed by atoms with E-state index in [1.165, 1.54) is 14.0 Å². The van der Waals surface area contributed by atoms with Crippen LogP contribution in [-0.4, -0.2) is 87.8 Å². The van der Waals surface area contributed by atoms with Crippen molar-refractivity contribution in [1.29, 1.82) is 0 Å². The van der Waals surface area contributed by atoms with E-state index >= 15 is 0 Å². The van der Waals surface area contributed by atoms with E-state index in [1.54, 1.807) is 6.92 Å². The number of Topliss-reactive ketones (excluding diaryl/α,β-unsaturated/α-hetero) is 1. The standard InChI is InChI=1S/C18H17NO3.C17H29NO3S.C14H13F3N2O4S/c1-2-21-17(20)16-13-18(22-19-16,14-9-5-3-6-10-14)15-11-7-4-8-12-15;1-5-8-14(18-21-6-2)17-15(19)10-13(11-16(17)20)9-12(4)22-7-3;1-7-11(13(21)19(2)18-7)12(20)9-5-4-8(14(15,16)17)6-10(9)24(3,22)23/h3-12H,2,13H2,1H3;12-13,19H,5-11H2,1-4H3;4-6,21H,1-3H3. The zero-order valence-corrected chi connectivity index (χ0v) is 41.1. The summed E-state index contributed by atoms with van der Waals surface area (Å²) in [6.45, 7) is 12.2. The Labute approximate surface area is 399 Å². The number of sulfone groups is 1. The number of thioether (sulfide) groups is 1. The number of aromatic nitrogens is 2. The Bertz CT molecular complexity index is 2560. The molecule has 19 heteroatoms. The molecular weight excluding hydrogens is 926 g/mol. The normalized spacial score (nSPS) is 16.3. The van der Waals surface area contributed by atoms with Gasteiger partial charge in [0.1, 0.15) is 17.9 Å². The first kappa shape index (κ1) is 54.7. The van der Waals surface area contributed by atoms with Gasteiger partial charge in [0.25, 0.3) is 0 Å². The first-order valence-electron chi connectivity index (χ1n) is 22.1. The highest BCUT2D eigenvalue weighted by molar-refractivity contribution is 7.99. The van der Waals surface area contributed by atoms with Crippen molar-refractivity contribution in [3.8, 4) is 5.88 Å². The summed E-state index contributed by atoms with van der Waals surface area (Å²) in [5.41, 5.74) is 0.682. The van der Waals surface area contributed by atoms with Crippen LogP contribution in [0.25, 0.3) is 0 Å². The minimum absolute atomic E-state index is 0.00866. The van der Waals surface area contributed by atoms with E-state index in [0.29, 0.717) is 79.5 Å². The fourth-order valence-electron chi connectivity index (χ4n) is 7.77. The van der Waals surface area contributed by atoms with Gasteiger partial charge in [-0.25, -0.2) is 17.9 Å². The number of aliphatic hydroxyl groups is 1. The lowest BCUT2D eigenvalue weighted by Gasteiger charge is -2.27. The van der Waals surface area contributed by atoms with Gasteiger partial charge in [-0.2, -0.15) is 30.0 Å². The van der Waals surface area contributed by atoms with Crippen LogP contribution in [0.15, 0.2) is 105 Å². The zero-order valence-electron chi connectivity index (χ0n) is 39.4. The molecule has 0 saturated carbocycles. The summed E-state index contributed by atoms with van der Waals surface area (Å²) < 4.78 is 68.2. The predicted octanol–water partition coefficient (Wildman–Crippen LogP) is 9.86. The number of allylic oxidation sites excluding steroid dienone is 2. The number of carbonyl (C=O) groups excluding carboxylic acids is 3. The first-order chi connectivity index (χ1) is 32.1. The van der Waals surface area contributed by atoms with E-state index in [9.17, 15) is 46.2 Å². The second-order valence-electron chi connectivity index (χ2n) is 16.0. The van der Waals surface area contributed by atoms with Crippen LogP contribution in [0.5, 0.6) is 5.88 Å². The van der Waals surface area contributed by atoms with Crippen molar-refractivity contribution in [1.82, 2.24) is 9.78 Å². The molecule has 6 rings (SSSR count). The van der Waals surface area contributed by atoms with Crippen LogP contribution in [0.2, 0.25) is 0 Å². The number of carbonyl (C=O) groups is 3. The molecule has 2 aliphatic rings. The molecule has 1 aromatic heterocycles. The average molecular weight is 985 g/mol. The molecule has 1 aliphatic carbocycles. The highest BCUT2D eigenvalue weighted by Crippen LogP contribution is 2.41. The first-order valence-corrected chi connectivity index (χ1v) is 25.0.